The molecule has 0 aliphatic carbocycles. The molecular weight excluding hydrogens is 212 g/mol. The van der Waals surface area contributed by atoms with E-state index in [0.717, 1.165) is 23.6 Å². The molecule has 0 amide bonds. The van der Waals surface area contributed by atoms with E-state index in [1.165, 1.54) is 5.56 Å². The first-order chi connectivity index (χ1) is 8.28. The van der Waals surface area contributed by atoms with Crippen LogP contribution in [0, 0.1) is 6.92 Å². The topological polar surface area (TPSA) is 34.2 Å². The number of ether oxygens (including phenoxy) is 1. The summed E-state index contributed by atoms with van der Waals surface area (Å²) < 4.78 is 5.73. The number of nitrogens with zero attached hydrogens (tertiary/aromatic N) is 1. The Morgan fingerprint density at radius 2 is 1.88 bits per heavy atom. The molecule has 0 aliphatic rings. The maximum Gasteiger partial charge on any atom is 0.146 e. The predicted molar refractivity (Wildman–Crippen MR) is 68.3 cm³/mol. The van der Waals surface area contributed by atoms with Crippen molar-refractivity contribution in [1.29, 1.82) is 0 Å². The van der Waals surface area contributed by atoms with Crippen LogP contribution in [-0.4, -0.2) is 12.0 Å². The monoisotopic (exact) mass is 228 g/mol. The van der Waals surface area contributed by atoms with Crippen LogP contribution in [0.4, 0.5) is 0 Å². The van der Waals surface area contributed by atoms with E-state index in [2.05, 4.69) is 17.2 Å². The van der Waals surface area contributed by atoms with Crippen molar-refractivity contribution in [2.45, 2.75) is 13.5 Å². The lowest BCUT2D eigenvalue weighted by Gasteiger charge is -2.07. The van der Waals surface area contributed by atoms with Gasteiger partial charge in [0.1, 0.15) is 11.5 Å². The zero-order valence-electron chi connectivity index (χ0n) is 10.1. The largest absolute Gasteiger partial charge is 0.456 e. The second kappa shape index (κ2) is 5.46. The van der Waals surface area contributed by atoms with E-state index in [1.807, 2.05) is 43.6 Å². The maximum atomic E-state index is 5.73. The Hall–Kier alpha value is -1.87. The zero-order chi connectivity index (χ0) is 12.1. The second-order valence-corrected chi connectivity index (χ2v) is 3.97. The van der Waals surface area contributed by atoms with Gasteiger partial charge in [0.15, 0.2) is 0 Å². The molecule has 3 nitrogen and oxygen atoms in total. The van der Waals surface area contributed by atoms with Crippen LogP contribution in [0.15, 0.2) is 42.7 Å². The molecule has 0 bridgehead atoms. The summed E-state index contributed by atoms with van der Waals surface area (Å²) in [7, 11) is 1.91. The number of rotatable bonds is 4. The summed E-state index contributed by atoms with van der Waals surface area (Å²) in [6, 6.07) is 9.96. The van der Waals surface area contributed by atoms with Gasteiger partial charge in [0.2, 0.25) is 0 Å². The quantitative estimate of drug-likeness (QED) is 0.873. The molecule has 0 saturated heterocycles. The van der Waals surface area contributed by atoms with Crippen molar-refractivity contribution in [3.63, 3.8) is 0 Å². The molecule has 1 aromatic carbocycles. The highest BCUT2D eigenvalue weighted by molar-refractivity contribution is 5.32. The molecule has 2 rings (SSSR count). The number of hydrogen-bond acceptors (Lipinski definition) is 3. The molecule has 0 unspecified atom stereocenters. The van der Waals surface area contributed by atoms with Crippen molar-refractivity contribution in [3.05, 3.63) is 53.9 Å². The van der Waals surface area contributed by atoms with Crippen LogP contribution < -0.4 is 10.1 Å². The van der Waals surface area contributed by atoms with E-state index in [0.29, 0.717) is 0 Å². The third kappa shape index (κ3) is 3.29. The van der Waals surface area contributed by atoms with Crippen molar-refractivity contribution < 1.29 is 4.74 Å². The average molecular weight is 228 g/mol. The Balaban J connectivity index is 2.12. The van der Waals surface area contributed by atoms with Crippen LogP contribution >= 0.6 is 0 Å². The highest BCUT2D eigenvalue weighted by Crippen LogP contribution is 2.21. The molecule has 0 aliphatic heterocycles. The Morgan fingerprint density at radius 1 is 1.12 bits per heavy atom. The molecule has 0 spiro atoms. The Kier molecular flexibility index (Phi) is 3.73. The van der Waals surface area contributed by atoms with Gasteiger partial charge in [0.05, 0.1) is 6.20 Å². The fraction of sp³-hybridized carbons (Fsp3) is 0.214. The van der Waals surface area contributed by atoms with Gasteiger partial charge in [-0.2, -0.15) is 0 Å². The molecule has 17 heavy (non-hydrogen) atoms. The average Bonchev–Trinajstić information content (AvgIpc) is 2.33. The summed E-state index contributed by atoms with van der Waals surface area (Å²) in [6.07, 6.45) is 3.55. The van der Waals surface area contributed by atoms with Gasteiger partial charge in [-0.15, -0.1) is 0 Å². The number of aromatic nitrogens is 1. The summed E-state index contributed by atoms with van der Waals surface area (Å²) in [5, 5.41) is 3.09. The second-order valence-electron chi connectivity index (χ2n) is 3.97. The third-order valence-corrected chi connectivity index (χ3v) is 2.41. The smallest absolute Gasteiger partial charge is 0.146 e. The SMILES string of the molecule is CNCc1cncc(Oc2ccc(C)cc2)c1. The van der Waals surface area contributed by atoms with Crippen LogP contribution in [0.25, 0.3) is 0 Å². The van der Waals surface area contributed by atoms with Crippen LogP contribution in [0.3, 0.4) is 0 Å². The number of hydrogen-bond donors (Lipinski definition) is 1. The zero-order valence-corrected chi connectivity index (χ0v) is 10.1. The Morgan fingerprint density at radius 3 is 2.59 bits per heavy atom. The molecule has 3 heteroatoms. The first kappa shape index (κ1) is 11.6. The lowest BCUT2D eigenvalue weighted by atomic mass is 10.2. The van der Waals surface area contributed by atoms with Crippen LogP contribution in [0.5, 0.6) is 11.5 Å². The minimum absolute atomic E-state index is 0.765. The number of aryl methyl sites for hydroxylation is 1. The molecule has 0 saturated carbocycles. The standard InChI is InChI=1S/C14H16N2O/c1-11-3-5-13(6-4-11)17-14-7-12(8-15-2)9-16-10-14/h3-7,9-10,15H,8H2,1-2H3. The fourth-order valence-corrected chi connectivity index (χ4v) is 1.56. The van der Waals surface area contributed by atoms with Gasteiger partial charge >= 0.3 is 0 Å². The maximum absolute atomic E-state index is 5.73. The number of nitrogens with one attached hydrogen (secondary N) is 1. The Labute approximate surface area is 101 Å². The van der Waals surface area contributed by atoms with Crippen LogP contribution in [0.1, 0.15) is 11.1 Å². The summed E-state index contributed by atoms with van der Waals surface area (Å²) in [4.78, 5) is 4.15. The number of benzene rings is 1. The van der Waals surface area contributed by atoms with E-state index in [-0.39, 0.29) is 0 Å². The van der Waals surface area contributed by atoms with Crippen molar-refractivity contribution in [2.75, 3.05) is 7.05 Å². The first-order valence-corrected chi connectivity index (χ1v) is 5.61. The molecule has 0 fully saturated rings. The van der Waals surface area contributed by atoms with Crippen LogP contribution in [-0.2, 0) is 6.54 Å². The van der Waals surface area contributed by atoms with E-state index in [9.17, 15) is 0 Å². The van der Waals surface area contributed by atoms with Gasteiger partial charge in [-0.3, -0.25) is 4.98 Å². The molecule has 88 valence electrons. The van der Waals surface area contributed by atoms with Gasteiger partial charge < -0.3 is 10.1 Å². The van der Waals surface area contributed by atoms with Crippen molar-refractivity contribution >= 4 is 0 Å². The van der Waals surface area contributed by atoms with Gasteiger partial charge in [0, 0.05) is 12.7 Å². The summed E-state index contributed by atoms with van der Waals surface area (Å²) >= 11 is 0. The highest BCUT2D eigenvalue weighted by Gasteiger charge is 1.99. The lowest BCUT2D eigenvalue weighted by molar-refractivity contribution is 0.479. The van der Waals surface area contributed by atoms with Gasteiger partial charge in [-0.25, -0.2) is 0 Å². The fourth-order valence-electron chi connectivity index (χ4n) is 1.56. The first-order valence-electron chi connectivity index (χ1n) is 5.61. The van der Waals surface area contributed by atoms with Gasteiger partial charge in [-0.05, 0) is 37.7 Å². The van der Waals surface area contributed by atoms with Gasteiger partial charge in [-0.1, -0.05) is 17.7 Å². The molecule has 0 atom stereocenters. The predicted octanol–water partition coefficient (Wildman–Crippen LogP) is 2.90. The molecule has 1 aromatic heterocycles. The van der Waals surface area contributed by atoms with Crippen molar-refractivity contribution in [1.82, 2.24) is 10.3 Å². The molecule has 1 N–H and O–H groups in total. The molecule has 0 radical (unpaired) electrons. The van der Waals surface area contributed by atoms with E-state index in [4.69, 9.17) is 4.74 Å². The van der Waals surface area contributed by atoms with Crippen molar-refractivity contribution in [2.24, 2.45) is 0 Å². The molecule has 1 heterocycles. The minimum Gasteiger partial charge on any atom is -0.456 e. The van der Waals surface area contributed by atoms with E-state index in [1.54, 1.807) is 6.20 Å². The third-order valence-electron chi connectivity index (χ3n) is 2.41. The summed E-state index contributed by atoms with van der Waals surface area (Å²) in [6.45, 7) is 2.84. The van der Waals surface area contributed by atoms with Crippen molar-refractivity contribution in [3.8, 4) is 11.5 Å². The van der Waals surface area contributed by atoms with Gasteiger partial charge in [0.25, 0.3) is 0 Å². The summed E-state index contributed by atoms with van der Waals surface area (Å²) in [5.41, 5.74) is 2.33. The van der Waals surface area contributed by atoms with Crippen LogP contribution in [0.2, 0.25) is 0 Å². The van der Waals surface area contributed by atoms with E-state index >= 15 is 0 Å². The minimum atomic E-state index is 0.765. The molecular formula is C14H16N2O. The highest BCUT2D eigenvalue weighted by atomic mass is 16.5. The summed E-state index contributed by atoms with van der Waals surface area (Å²) in [5.74, 6) is 1.60. The lowest BCUT2D eigenvalue weighted by Crippen LogP contribution is -2.05. The Bertz CT molecular complexity index is 480. The van der Waals surface area contributed by atoms with E-state index < -0.39 is 0 Å². The molecule has 2 aromatic rings. The normalized spacial score (nSPS) is 10.2. The number of pyridine rings is 1.